The van der Waals surface area contributed by atoms with Crippen molar-refractivity contribution in [2.45, 2.75) is 97.6 Å². The van der Waals surface area contributed by atoms with Gasteiger partial charge in [0.15, 0.2) is 8.32 Å². The highest BCUT2D eigenvalue weighted by molar-refractivity contribution is 6.74. The van der Waals surface area contributed by atoms with Crippen LogP contribution in [0.25, 0.3) is 11.1 Å². The summed E-state index contributed by atoms with van der Waals surface area (Å²) in [7, 11) is -2.01. The first-order chi connectivity index (χ1) is 15.1. The lowest BCUT2D eigenvalue weighted by Gasteiger charge is -2.38. The molecule has 0 radical (unpaired) electrons. The number of fused-ring (bicyclic) bond motifs is 1. The highest BCUT2D eigenvalue weighted by atomic mass is 28.4. The first-order valence-electron chi connectivity index (χ1n) is 12.1. The first kappa shape index (κ1) is 25.9. The molecule has 0 amide bonds. The lowest BCUT2D eigenvalue weighted by atomic mass is 9.90. The third-order valence-electron chi connectivity index (χ3n) is 7.28. The summed E-state index contributed by atoms with van der Waals surface area (Å²) in [5, 5.41) is 10.0. The van der Waals surface area contributed by atoms with E-state index in [4.69, 9.17) is 9.16 Å². The summed E-state index contributed by atoms with van der Waals surface area (Å²) in [6, 6.07) is 7.61. The average Bonchev–Trinajstić information content (AvgIpc) is 3.05. The minimum atomic E-state index is -2.01. The molecule has 3 nitrogen and oxygen atoms in total. The molecule has 1 N–H and O–H groups in total. The molecule has 0 spiro atoms. The normalized spacial score (nSPS) is 16.8. The Morgan fingerprint density at radius 2 is 1.67 bits per heavy atom. The molecule has 0 bridgehead atoms. The van der Waals surface area contributed by atoms with E-state index in [0.29, 0.717) is 13.0 Å². The van der Waals surface area contributed by atoms with Crippen molar-refractivity contribution in [1.82, 2.24) is 0 Å². The first-order valence-corrected chi connectivity index (χ1v) is 15.0. The Labute approximate surface area is 200 Å². The second kappa shape index (κ2) is 9.16. The van der Waals surface area contributed by atoms with Crippen LogP contribution in [0.4, 0.5) is 4.39 Å². The molecule has 3 rings (SSSR count). The number of halogens is 1. The highest BCUT2D eigenvalue weighted by Crippen LogP contribution is 2.47. The van der Waals surface area contributed by atoms with Crippen molar-refractivity contribution in [2.24, 2.45) is 0 Å². The van der Waals surface area contributed by atoms with E-state index >= 15 is 4.39 Å². The van der Waals surface area contributed by atoms with Crippen LogP contribution in [0, 0.1) is 19.7 Å². The molecule has 1 aliphatic rings. The standard InChI is InChI=1S/C28H41FO3Si/c1-18-16-20(31-15-14-28(6,7)30)17-19(2)25(18)21-10-12-23(29)26-22(21)11-13-24(26)32-33(8,9)27(3,4)5/h10,12,16-17,24,30H,11,13-15H2,1-9H3/t24-/m0/s1. The summed E-state index contributed by atoms with van der Waals surface area (Å²) in [4.78, 5) is 0. The van der Waals surface area contributed by atoms with E-state index in [1.807, 2.05) is 18.2 Å². The largest absolute Gasteiger partial charge is 0.493 e. The zero-order valence-corrected chi connectivity index (χ0v) is 22.9. The minimum Gasteiger partial charge on any atom is -0.493 e. The van der Waals surface area contributed by atoms with E-state index in [2.05, 4.69) is 47.7 Å². The zero-order chi connectivity index (χ0) is 24.8. The van der Waals surface area contributed by atoms with Gasteiger partial charge in [-0.05, 0) is 105 Å². The number of benzene rings is 2. The van der Waals surface area contributed by atoms with Crippen molar-refractivity contribution < 1.29 is 18.7 Å². The van der Waals surface area contributed by atoms with Gasteiger partial charge in [-0.3, -0.25) is 0 Å². The van der Waals surface area contributed by atoms with Gasteiger partial charge in [0.25, 0.3) is 0 Å². The number of aliphatic hydroxyl groups is 1. The van der Waals surface area contributed by atoms with Gasteiger partial charge in [-0.25, -0.2) is 4.39 Å². The molecule has 0 fully saturated rings. The molecule has 0 aliphatic heterocycles. The molecule has 0 saturated heterocycles. The third kappa shape index (κ3) is 5.69. The number of aryl methyl sites for hydroxylation is 2. The molecule has 1 atom stereocenters. The molecule has 33 heavy (non-hydrogen) atoms. The lowest BCUT2D eigenvalue weighted by Crippen LogP contribution is -2.41. The summed E-state index contributed by atoms with van der Waals surface area (Å²) < 4.78 is 27.7. The van der Waals surface area contributed by atoms with Crippen molar-refractivity contribution in [3.8, 4) is 16.9 Å². The fourth-order valence-electron chi connectivity index (χ4n) is 4.41. The van der Waals surface area contributed by atoms with E-state index in [1.165, 1.54) is 0 Å². The molecular formula is C28H41FO3Si. The fourth-order valence-corrected chi connectivity index (χ4v) is 5.71. The summed E-state index contributed by atoms with van der Waals surface area (Å²) in [6.45, 7) is 19.3. The van der Waals surface area contributed by atoms with Crippen molar-refractivity contribution in [2.75, 3.05) is 6.61 Å². The molecule has 2 aromatic carbocycles. The van der Waals surface area contributed by atoms with Crippen LogP contribution in [0.2, 0.25) is 18.1 Å². The van der Waals surface area contributed by atoms with Crippen LogP contribution in [0.5, 0.6) is 5.75 Å². The molecule has 0 aromatic heterocycles. The van der Waals surface area contributed by atoms with Crippen molar-refractivity contribution in [3.05, 3.63) is 52.3 Å². The second-order valence-corrected chi connectivity index (χ2v) is 16.5. The van der Waals surface area contributed by atoms with E-state index in [1.54, 1.807) is 19.9 Å². The number of ether oxygens (including phenoxy) is 1. The summed E-state index contributed by atoms with van der Waals surface area (Å²) in [5.41, 5.74) is 5.55. The number of hydrogen-bond donors (Lipinski definition) is 1. The minimum absolute atomic E-state index is 0.0814. The van der Waals surface area contributed by atoms with E-state index in [-0.39, 0.29) is 17.0 Å². The second-order valence-electron chi connectivity index (χ2n) is 11.7. The Balaban J connectivity index is 1.94. The van der Waals surface area contributed by atoms with Crippen LogP contribution >= 0.6 is 0 Å². The lowest BCUT2D eigenvalue weighted by molar-refractivity contribution is 0.0553. The average molecular weight is 473 g/mol. The SMILES string of the molecule is Cc1cc(OCCC(C)(C)O)cc(C)c1-c1ccc(F)c2c1CC[C@@H]2O[Si](C)(C)C(C)(C)C. The van der Waals surface area contributed by atoms with Crippen LogP contribution in [-0.4, -0.2) is 25.6 Å². The van der Waals surface area contributed by atoms with Gasteiger partial charge in [0.05, 0.1) is 18.3 Å². The van der Waals surface area contributed by atoms with Gasteiger partial charge in [0, 0.05) is 12.0 Å². The van der Waals surface area contributed by atoms with E-state index in [9.17, 15) is 5.11 Å². The van der Waals surface area contributed by atoms with Crippen molar-refractivity contribution >= 4 is 8.32 Å². The van der Waals surface area contributed by atoms with Gasteiger partial charge in [-0.15, -0.1) is 0 Å². The molecule has 1 aliphatic carbocycles. The maximum atomic E-state index is 15.1. The van der Waals surface area contributed by atoms with Gasteiger partial charge in [0.1, 0.15) is 11.6 Å². The molecule has 0 heterocycles. The Hall–Kier alpha value is -1.69. The van der Waals surface area contributed by atoms with E-state index < -0.39 is 13.9 Å². The maximum absolute atomic E-state index is 15.1. The Morgan fingerprint density at radius 3 is 2.21 bits per heavy atom. The van der Waals surface area contributed by atoms with Gasteiger partial charge < -0.3 is 14.3 Å². The predicted octanol–water partition coefficient (Wildman–Crippen LogP) is 7.66. The summed E-state index contributed by atoms with van der Waals surface area (Å²) >= 11 is 0. The van der Waals surface area contributed by atoms with Gasteiger partial charge in [-0.1, -0.05) is 26.8 Å². The third-order valence-corrected chi connectivity index (χ3v) is 11.8. The van der Waals surface area contributed by atoms with Crippen molar-refractivity contribution in [1.29, 1.82) is 0 Å². The smallest absolute Gasteiger partial charge is 0.192 e. The Bertz CT molecular complexity index is 992. The topological polar surface area (TPSA) is 38.7 Å². The number of hydrogen-bond acceptors (Lipinski definition) is 3. The Kier molecular flexibility index (Phi) is 7.20. The predicted molar refractivity (Wildman–Crippen MR) is 137 cm³/mol. The van der Waals surface area contributed by atoms with Crippen LogP contribution in [-0.2, 0) is 10.8 Å². The van der Waals surface area contributed by atoms with E-state index in [0.717, 1.165) is 52.0 Å². The molecule has 0 saturated carbocycles. The molecule has 0 unspecified atom stereocenters. The van der Waals surface area contributed by atoms with Crippen molar-refractivity contribution in [3.63, 3.8) is 0 Å². The number of rotatable bonds is 7. The molecule has 182 valence electrons. The quantitative estimate of drug-likeness (QED) is 0.420. The van der Waals surface area contributed by atoms with Crippen LogP contribution in [0.15, 0.2) is 24.3 Å². The van der Waals surface area contributed by atoms with Gasteiger partial charge in [0.2, 0.25) is 0 Å². The van der Waals surface area contributed by atoms with Crippen LogP contribution < -0.4 is 4.74 Å². The monoisotopic (exact) mass is 472 g/mol. The van der Waals surface area contributed by atoms with Crippen LogP contribution in [0.3, 0.4) is 0 Å². The molecule has 5 heteroatoms. The summed E-state index contributed by atoms with van der Waals surface area (Å²) in [6.07, 6.45) is 2.04. The van der Waals surface area contributed by atoms with Gasteiger partial charge >= 0.3 is 0 Å². The van der Waals surface area contributed by atoms with Gasteiger partial charge in [-0.2, -0.15) is 0 Å². The van der Waals surface area contributed by atoms with Crippen LogP contribution in [0.1, 0.15) is 75.8 Å². The zero-order valence-electron chi connectivity index (χ0n) is 21.9. The summed E-state index contributed by atoms with van der Waals surface area (Å²) in [5.74, 6) is 0.646. The molecule has 2 aromatic rings. The fraction of sp³-hybridized carbons (Fsp3) is 0.571. The highest BCUT2D eigenvalue weighted by Gasteiger charge is 2.42. The Morgan fingerprint density at radius 1 is 1.06 bits per heavy atom. The maximum Gasteiger partial charge on any atom is 0.192 e. The molecular weight excluding hydrogens is 431 g/mol.